The van der Waals surface area contributed by atoms with Gasteiger partial charge in [0.25, 0.3) is 5.91 Å². The van der Waals surface area contributed by atoms with Crippen molar-refractivity contribution in [3.63, 3.8) is 0 Å². The summed E-state index contributed by atoms with van der Waals surface area (Å²) in [6.07, 6.45) is 6.37. The predicted molar refractivity (Wildman–Crippen MR) is 122 cm³/mol. The van der Waals surface area contributed by atoms with Crippen LogP contribution in [0.5, 0.6) is 0 Å². The van der Waals surface area contributed by atoms with Gasteiger partial charge < -0.3 is 9.47 Å². The number of hydrogen-bond acceptors (Lipinski definition) is 4. The van der Waals surface area contributed by atoms with Crippen molar-refractivity contribution < 1.29 is 9.18 Å². The highest BCUT2D eigenvalue weighted by molar-refractivity contribution is 6.14. The molecule has 6 nitrogen and oxygen atoms in total. The smallest absolute Gasteiger partial charge is 0.279 e. The fraction of sp³-hybridized carbons (Fsp3) is 0.240. The van der Waals surface area contributed by atoms with Crippen LogP contribution in [0.3, 0.4) is 0 Å². The van der Waals surface area contributed by atoms with Crippen LogP contribution in [0, 0.1) is 19.7 Å². The molecule has 2 aliphatic rings. The summed E-state index contributed by atoms with van der Waals surface area (Å²) in [6.45, 7) is 4.77. The SMILES string of the molecule is Cc1cn(-c2ccc(/C=C3\N=C4N(C)CC[C@H](c5ccc(F)cc5)N4C3=O)cc2C)cn1. The summed E-state index contributed by atoms with van der Waals surface area (Å²) in [5.74, 6) is 0.227. The summed E-state index contributed by atoms with van der Waals surface area (Å²) in [5.41, 5.74) is 5.32. The molecule has 162 valence electrons. The van der Waals surface area contributed by atoms with Gasteiger partial charge in [0.2, 0.25) is 5.96 Å². The van der Waals surface area contributed by atoms with Gasteiger partial charge >= 0.3 is 0 Å². The third-order valence-corrected chi connectivity index (χ3v) is 6.03. The summed E-state index contributed by atoms with van der Waals surface area (Å²) in [4.78, 5) is 26.0. The van der Waals surface area contributed by atoms with E-state index in [4.69, 9.17) is 0 Å². The highest BCUT2D eigenvalue weighted by Crippen LogP contribution is 2.35. The molecule has 3 aromatic rings. The number of nitrogens with zero attached hydrogens (tertiary/aromatic N) is 5. The molecular formula is C25H24FN5O. The topological polar surface area (TPSA) is 53.7 Å². The number of imidazole rings is 1. The Morgan fingerprint density at radius 1 is 1.12 bits per heavy atom. The molecule has 1 aromatic heterocycles. The number of aryl methyl sites for hydroxylation is 2. The van der Waals surface area contributed by atoms with Gasteiger partial charge in [-0.2, -0.15) is 0 Å². The fourth-order valence-electron chi connectivity index (χ4n) is 4.38. The Hall–Kier alpha value is -3.74. The monoisotopic (exact) mass is 429 g/mol. The number of rotatable bonds is 3. The van der Waals surface area contributed by atoms with Crippen molar-refractivity contribution in [2.45, 2.75) is 26.3 Å². The van der Waals surface area contributed by atoms with Crippen LogP contribution >= 0.6 is 0 Å². The largest absolute Gasteiger partial charge is 0.345 e. The third kappa shape index (κ3) is 3.49. The molecular weight excluding hydrogens is 405 g/mol. The van der Waals surface area contributed by atoms with E-state index in [9.17, 15) is 9.18 Å². The molecule has 3 heterocycles. The van der Waals surface area contributed by atoms with E-state index in [1.807, 2.05) is 60.8 Å². The number of halogens is 1. The Morgan fingerprint density at radius 2 is 1.91 bits per heavy atom. The van der Waals surface area contributed by atoms with Gasteiger partial charge in [-0.3, -0.25) is 9.69 Å². The van der Waals surface area contributed by atoms with Crippen molar-refractivity contribution in [3.05, 3.63) is 88.9 Å². The number of carbonyl (C=O) groups excluding carboxylic acids is 1. The molecule has 0 aliphatic carbocycles. The lowest BCUT2D eigenvalue weighted by Crippen LogP contribution is -2.49. The zero-order valence-electron chi connectivity index (χ0n) is 18.3. The number of amides is 1. The van der Waals surface area contributed by atoms with E-state index in [2.05, 4.69) is 9.98 Å². The number of aliphatic imine (C=N–C) groups is 1. The van der Waals surface area contributed by atoms with Crippen molar-refractivity contribution >= 4 is 17.9 Å². The van der Waals surface area contributed by atoms with Crippen molar-refractivity contribution in [3.8, 4) is 5.69 Å². The molecule has 1 saturated heterocycles. The summed E-state index contributed by atoms with van der Waals surface area (Å²) in [5, 5.41) is 0. The van der Waals surface area contributed by atoms with Crippen molar-refractivity contribution in [2.24, 2.45) is 4.99 Å². The molecule has 1 amide bonds. The molecule has 7 heteroatoms. The maximum Gasteiger partial charge on any atom is 0.279 e. The van der Waals surface area contributed by atoms with Gasteiger partial charge in [0.15, 0.2) is 0 Å². The molecule has 0 spiro atoms. The molecule has 1 fully saturated rings. The number of benzene rings is 2. The van der Waals surface area contributed by atoms with Crippen LogP contribution < -0.4 is 0 Å². The second-order valence-corrected chi connectivity index (χ2v) is 8.36. The number of hydrogen-bond donors (Lipinski definition) is 0. The maximum atomic E-state index is 13.4. The van der Waals surface area contributed by atoms with Crippen molar-refractivity contribution in [1.82, 2.24) is 19.4 Å². The first-order chi connectivity index (χ1) is 15.4. The van der Waals surface area contributed by atoms with Crippen LogP contribution in [-0.2, 0) is 4.79 Å². The lowest BCUT2D eigenvalue weighted by atomic mass is 10.00. The quantitative estimate of drug-likeness (QED) is 0.585. The van der Waals surface area contributed by atoms with Crippen LogP contribution in [-0.4, -0.2) is 44.8 Å². The van der Waals surface area contributed by atoms with Gasteiger partial charge in [0, 0.05) is 25.5 Å². The minimum absolute atomic E-state index is 0.132. The average Bonchev–Trinajstić information content (AvgIpc) is 3.34. The molecule has 2 aromatic carbocycles. The number of guanidine groups is 1. The zero-order chi connectivity index (χ0) is 22.4. The van der Waals surface area contributed by atoms with Crippen molar-refractivity contribution in [2.75, 3.05) is 13.6 Å². The normalized spacial score (nSPS) is 19.5. The molecule has 2 aliphatic heterocycles. The summed E-state index contributed by atoms with van der Waals surface area (Å²) in [6, 6.07) is 12.3. The van der Waals surface area contributed by atoms with Gasteiger partial charge in [0.1, 0.15) is 11.5 Å². The Bertz CT molecular complexity index is 1260. The molecule has 0 bridgehead atoms. The van der Waals surface area contributed by atoms with E-state index in [-0.39, 0.29) is 17.8 Å². The number of carbonyl (C=O) groups is 1. The van der Waals surface area contributed by atoms with E-state index >= 15 is 0 Å². The van der Waals surface area contributed by atoms with E-state index in [0.717, 1.165) is 41.0 Å². The Morgan fingerprint density at radius 3 is 2.59 bits per heavy atom. The molecule has 32 heavy (non-hydrogen) atoms. The highest BCUT2D eigenvalue weighted by atomic mass is 19.1. The Balaban J connectivity index is 1.47. The van der Waals surface area contributed by atoms with Crippen LogP contribution in [0.4, 0.5) is 4.39 Å². The van der Waals surface area contributed by atoms with E-state index in [1.54, 1.807) is 23.4 Å². The first-order valence-corrected chi connectivity index (χ1v) is 10.6. The molecule has 0 N–H and O–H groups in total. The number of aromatic nitrogens is 2. The van der Waals surface area contributed by atoms with E-state index < -0.39 is 0 Å². The van der Waals surface area contributed by atoms with Gasteiger partial charge in [-0.05, 0) is 67.3 Å². The second-order valence-electron chi connectivity index (χ2n) is 8.36. The number of fused-ring (bicyclic) bond motifs is 1. The van der Waals surface area contributed by atoms with Crippen LogP contribution in [0.1, 0.15) is 34.8 Å². The fourth-order valence-corrected chi connectivity index (χ4v) is 4.38. The summed E-state index contributed by atoms with van der Waals surface area (Å²) in [7, 11) is 1.94. The first-order valence-electron chi connectivity index (χ1n) is 10.6. The Kier molecular flexibility index (Phi) is 4.89. The van der Waals surface area contributed by atoms with Crippen LogP contribution in [0.15, 0.2) is 65.7 Å². The lowest BCUT2D eigenvalue weighted by molar-refractivity contribution is -0.125. The average molecular weight is 429 g/mol. The van der Waals surface area contributed by atoms with E-state index in [1.165, 1.54) is 12.1 Å². The van der Waals surface area contributed by atoms with Crippen molar-refractivity contribution in [1.29, 1.82) is 0 Å². The first kappa shape index (κ1) is 20.2. The van der Waals surface area contributed by atoms with Gasteiger partial charge in [-0.25, -0.2) is 14.4 Å². The minimum Gasteiger partial charge on any atom is -0.345 e. The van der Waals surface area contributed by atoms with E-state index in [0.29, 0.717) is 11.7 Å². The van der Waals surface area contributed by atoms with Crippen LogP contribution in [0.2, 0.25) is 0 Å². The Labute approximate surface area is 186 Å². The molecule has 0 saturated carbocycles. The summed E-state index contributed by atoms with van der Waals surface area (Å²) < 4.78 is 15.4. The highest BCUT2D eigenvalue weighted by Gasteiger charge is 2.41. The lowest BCUT2D eigenvalue weighted by Gasteiger charge is -2.38. The standard InChI is InChI=1S/C25H24FN5O/c1-16-12-18(4-9-22(16)30-14-17(2)27-15-30)13-21-24(32)31-23(10-11-29(3)25(31)28-21)19-5-7-20(26)8-6-19/h4-9,12-15,23H,10-11H2,1-3H3/b21-13-/t23-/m1/s1. The third-order valence-electron chi connectivity index (χ3n) is 6.03. The molecule has 0 radical (unpaired) electrons. The van der Waals surface area contributed by atoms with Crippen LogP contribution in [0.25, 0.3) is 11.8 Å². The maximum absolute atomic E-state index is 13.4. The zero-order valence-corrected chi connectivity index (χ0v) is 18.3. The van der Waals surface area contributed by atoms with Gasteiger partial charge in [-0.15, -0.1) is 0 Å². The predicted octanol–water partition coefficient (Wildman–Crippen LogP) is 4.24. The van der Waals surface area contributed by atoms with Gasteiger partial charge in [0.05, 0.1) is 18.1 Å². The molecule has 5 rings (SSSR count). The molecule has 1 atom stereocenters. The summed E-state index contributed by atoms with van der Waals surface area (Å²) >= 11 is 0. The molecule has 0 unspecified atom stereocenters. The van der Waals surface area contributed by atoms with Gasteiger partial charge in [-0.1, -0.05) is 18.2 Å². The second kappa shape index (κ2) is 7.75. The minimum atomic E-state index is -0.284.